The third-order valence-electron chi connectivity index (χ3n) is 2.81. The van der Waals surface area contributed by atoms with Gasteiger partial charge < -0.3 is 5.73 Å². The molecule has 120 valence electrons. The minimum atomic E-state index is -4.38. The Kier molecular flexibility index (Phi) is 6.22. The fraction of sp³-hybridized carbons (Fsp3) is 0.333. The molecule has 22 heavy (non-hydrogen) atoms. The quantitative estimate of drug-likeness (QED) is 0.635. The molecule has 2 N–H and O–H groups in total. The summed E-state index contributed by atoms with van der Waals surface area (Å²) in [5.41, 5.74) is 6.43. The van der Waals surface area contributed by atoms with E-state index in [-0.39, 0.29) is 5.82 Å². The number of nitrogens with zero attached hydrogens (tertiary/aromatic N) is 2. The molecule has 0 fully saturated rings. The van der Waals surface area contributed by atoms with Gasteiger partial charge in [0.1, 0.15) is 5.82 Å². The van der Waals surface area contributed by atoms with Crippen LogP contribution in [0.25, 0.3) is 11.3 Å². The summed E-state index contributed by atoms with van der Waals surface area (Å²) in [4.78, 5) is 8.31. The Bertz CT molecular complexity index is 642. The third-order valence-corrected chi connectivity index (χ3v) is 3.36. The zero-order valence-electron chi connectivity index (χ0n) is 12.8. The normalized spacial score (nSPS) is 10.9. The fourth-order valence-corrected chi connectivity index (χ4v) is 2.10. The lowest BCUT2D eigenvalue weighted by atomic mass is 10.0. The Morgan fingerprint density at radius 3 is 2.32 bits per heavy atom. The van der Waals surface area contributed by atoms with Crippen LogP contribution in [0.4, 0.5) is 19.0 Å². The van der Waals surface area contributed by atoms with Crippen molar-refractivity contribution in [2.24, 2.45) is 0 Å². The molecule has 0 aliphatic rings. The molecule has 0 aliphatic carbocycles. The highest BCUT2D eigenvalue weighted by Gasteiger charge is 2.30. The van der Waals surface area contributed by atoms with Crippen LogP contribution in [0.2, 0.25) is 0 Å². The van der Waals surface area contributed by atoms with E-state index in [1.54, 1.807) is 19.2 Å². The lowest BCUT2D eigenvalue weighted by Crippen LogP contribution is -2.06. The highest BCUT2D eigenvalue weighted by atomic mass is 32.2. The molecule has 3 nitrogen and oxygen atoms in total. The van der Waals surface area contributed by atoms with Crippen LogP contribution >= 0.6 is 11.8 Å². The molecule has 7 heteroatoms. The van der Waals surface area contributed by atoms with Gasteiger partial charge in [-0.1, -0.05) is 37.7 Å². The summed E-state index contributed by atoms with van der Waals surface area (Å²) >= 11 is 1.29. The van der Waals surface area contributed by atoms with E-state index in [1.165, 1.54) is 17.8 Å². The van der Waals surface area contributed by atoms with E-state index >= 15 is 0 Å². The first-order valence-corrected chi connectivity index (χ1v) is 7.91. The second kappa shape index (κ2) is 7.49. The Morgan fingerprint density at radius 2 is 1.77 bits per heavy atom. The zero-order chi connectivity index (χ0) is 16.9. The van der Waals surface area contributed by atoms with Gasteiger partial charge in [0.2, 0.25) is 0 Å². The van der Waals surface area contributed by atoms with E-state index in [0.29, 0.717) is 22.0 Å². The number of hydrogen-bond acceptors (Lipinski definition) is 4. The number of rotatable bonds is 2. The van der Waals surface area contributed by atoms with Crippen LogP contribution in [0.15, 0.2) is 29.4 Å². The highest BCUT2D eigenvalue weighted by Crippen LogP contribution is 2.33. The minimum absolute atomic E-state index is 0.275. The first-order chi connectivity index (χ1) is 10.3. The molecule has 0 spiro atoms. The van der Waals surface area contributed by atoms with Crippen LogP contribution in [0, 0.1) is 6.92 Å². The van der Waals surface area contributed by atoms with Crippen molar-refractivity contribution in [1.29, 1.82) is 0 Å². The Labute approximate surface area is 132 Å². The number of hydrogen-bond donors (Lipinski definition) is 1. The average Bonchev–Trinajstić information content (AvgIpc) is 2.51. The van der Waals surface area contributed by atoms with Crippen LogP contribution in [0.3, 0.4) is 0 Å². The van der Waals surface area contributed by atoms with Crippen molar-refractivity contribution in [2.45, 2.75) is 32.1 Å². The summed E-state index contributed by atoms with van der Waals surface area (Å²) in [5.74, 6) is 0.275. The number of alkyl halides is 3. The number of nitrogens with two attached hydrogens (primary N) is 1. The SMILES string of the molecule is CC.CSc1nc(N)c(C)c(-c2cccc(C(F)(F)F)c2)n1. The molecule has 2 rings (SSSR count). The molecule has 0 saturated carbocycles. The third kappa shape index (κ3) is 4.13. The fourth-order valence-electron chi connectivity index (χ4n) is 1.73. The first kappa shape index (κ1) is 18.3. The van der Waals surface area contributed by atoms with Crippen molar-refractivity contribution < 1.29 is 13.2 Å². The number of thioether (sulfide) groups is 1. The lowest BCUT2D eigenvalue weighted by Gasteiger charge is -2.11. The monoisotopic (exact) mass is 329 g/mol. The zero-order valence-corrected chi connectivity index (χ0v) is 13.6. The summed E-state index contributed by atoms with van der Waals surface area (Å²) in [6.45, 7) is 5.69. The summed E-state index contributed by atoms with van der Waals surface area (Å²) < 4.78 is 38.2. The summed E-state index contributed by atoms with van der Waals surface area (Å²) in [6, 6.07) is 5.03. The van der Waals surface area contributed by atoms with Gasteiger partial charge >= 0.3 is 6.18 Å². The van der Waals surface area contributed by atoms with Crippen molar-refractivity contribution in [2.75, 3.05) is 12.0 Å². The number of benzene rings is 1. The predicted molar refractivity (Wildman–Crippen MR) is 84.7 cm³/mol. The van der Waals surface area contributed by atoms with Gasteiger partial charge in [0, 0.05) is 11.1 Å². The summed E-state index contributed by atoms with van der Waals surface area (Å²) in [7, 11) is 0. The van der Waals surface area contributed by atoms with Gasteiger partial charge in [-0.15, -0.1) is 0 Å². The van der Waals surface area contributed by atoms with E-state index in [9.17, 15) is 13.2 Å². The van der Waals surface area contributed by atoms with E-state index in [0.717, 1.165) is 12.1 Å². The summed E-state index contributed by atoms with van der Waals surface area (Å²) in [5, 5.41) is 0.431. The Hall–Kier alpha value is -1.76. The van der Waals surface area contributed by atoms with Crippen LogP contribution < -0.4 is 5.73 Å². The smallest absolute Gasteiger partial charge is 0.383 e. The van der Waals surface area contributed by atoms with Gasteiger partial charge in [-0.3, -0.25) is 0 Å². The van der Waals surface area contributed by atoms with E-state index in [4.69, 9.17) is 5.73 Å². The first-order valence-electron chi connectivity index (χ1n) is 6.68. The molecule has 2 aromatic rings. The van der Waals surface area contributed by atoms with Crippen molar-refractivity contribution in [3.05, 3.63) is 35.4 Å². The van der Waals surface area contributed by atoms with Gasteiger partial charge in [-0.2, -0.15) is 13.2 Å². The number of nitrogen functional groups attached to an aromatic ring is 1. The van der Waals surface area contributed by atoms with Crippen LogP contribution in [-0.4, -0.2) is 16.2 Å². The topological polar surface area (TPSA) is 51.8 Å². The molecule has 0 radical (unpaired) electrons. The van der Waals surface area contributed by atoms with Crippen LogP contribution in [-0.2, 0) is 6.18 Å². The Morgan fingerprint density at radius 1 is 1.14 bits per heavy atom. The number of aromatic nitrogens is 2. The predicted octanol–water partition coefficient (Wildman–Crippen LogP) is 4.80. The maximum atomic E-state index is 12.7. The Balaban J connectivity index is 0.00000116. The van der Waals surface area contributed by atoms with Crippen LogP contribution in [0.5, 0.6) is 0 Å². The molecule has 1 aromatic carbocycles. The standard InChI is InChI=1S/C13H12F3N3S.C2H6/c1-7-10(18-12(20-2)19-11(7)17)8-4-3-5-9(6-8)13(14,15)16;1-2/h3-6H,1-2H3,(H2,17,18,19);1-2H3. The molecule has 0 atom stereocenters. The number of halogens is 3. The average molecular weight is 329 g/mol. The molecular weight excluding hydrogens is 311 g/mol. The van der Waals surface area contributed by atoms with Crippen molar-refractivity contribution in [3.63, 3.8) is 0 Å². The van der Waals surface area contributed by atoms with Gasteiger partial charge in [0.15, 0.2) is 5.16 Å². The largest absolute Gasteiger partial charge is 0.416 e. The van der Waals surface area contributed by atoms with E-state index in [2.05, 4.69) is 9.97 Å². The van der Waals surface area contributed by atoms with Crippen molar-refractivity contribution in [3.8, 4) is 11.3 Å². The molecular formula is C15H18F3N3S. The van der Waals surface area contributed by atoms with E-state index in [1.807, 2.05) is 13.8 Å². The number of anilines is 1. The van der Waals surface area contributed by atoms with Gasteiger partial charge in [0.05, 0.1) is 11.3 Å². The molecule has 0 unspecified atom stereocenters. The van der Waals surface area contributed by atoms with Crippen LogP contribution in [0.1, 0.15) is 25.0 Å². The molecule has 0 aliphatic heterocycles. The maximum absolute atomic E-state index is 12.7. The second-order valence-corrected chi connectivity index (χ2v) is 4.92. The van der Waals surface area contributed by atoms with E-state index < -0.39 is 11.7 Å². The van der Waals surface area contributed by atoms with Gasteiger partial charge in [-0.05, 0) is 25.3 Å². The van der Waals surface area contributed by atoms with Gasteiger partial charge in [0.25, 0.3) is 0 Å². The maximum Gasteiger partial charge on any atom is 0.416 e. The highest BCUT2D eigenvalue weighted by molar-refractivity contribution is 7.98. The molecule has 1 aromatic heterocycles. The van der Waals surface area contributed by atoms with Gasteiger partial charge in [-0.25, -0.2) is 9.97 Å². The molecule has 0 saturated heterocycles. The second-order valence-electron chi connectivity index (χ2n) is 4.15. The van der Waals surface area contributed by atoms with Crippen molar-refractivity contribution >= 4 is 17.6 Å². The molecule has 1 heterocycles. The lowest BCUT2D eigenvalue weighted by molar-refractivity contribution is -0.137. The summed E-state index contributed by atoms with van der Waals surface area (Å²) in [6.07, 6.45) is -2.61. The minimum Gasteiger partial charge on any atom is -0.383 e. The molecule has 0 bridgehead atoms. The van der Waals surface area contributed by atoms with Crippen molar-refractivity contribution in [1.82, 2.24) is 9.97 Å². The molecule has 0 amide bonds.